The van der Waals surface area contributed by atoms with Gasteiger partial charge in [-0.3, -0.25) is 9.69 Å². The van der Waals surface area contributed by atoms with Crippen LogP contribution >= 0.6 is 0 Å². The highest BCUT2D eigenvalue weighted by Crippen LogP contribution is 2.21. The Morgan fingerprint density at radius 3 is 2.55 bits per heavy atom. The zero-order valence-electron chi connectivity index (χ0n) is 18.0. The maximum atomic E-state index is 12.7. The highest BCUT2D eigenvalue weighted by Gasteiger charge is 2.19. The summed E-state index contributed by atoms with van der Waals surface area (Å²) in [4.78, 5) is 15.2. The molecule has 156 valence electrons. The molecule has 0 radical (unpaired) electrons. The van der Waals surface area contributed by atoms with E-state index in [1.807, 2.05) is 26.0 Å². The molecule has 1 fully saturated rings. The van der Waals surface area contributed by atoms with Crippen molar-refractivity contribution in [1.29, 1.82) is 0 Å². The van der Waals surface area contributed by atoms with Gasteiger partial charge in [-0.2, -0.15) is 0 Å². The first-order valence-corrected chi connectivity index (χ1v) is 10.9. The number of likely N-dealkylation sites (tertiary alicyclic amines) is 1. The topological polar surface area (TPSA) is 41.6 Å². The van der Waals surface area contributed by atoms with Gasteiger partial charge >= 0.3 is 0 Å². The number of nitrogens with zero attached hydrogens (tertiary/aromatic N) is 1. The average molecular weight is 395 g/mol. The van der Waals surface area contributed by atoms with Gasteiger partial charge in [-0.05, 0) is 69.0 Å². The van der Waals surface area contributed by atoms with Crippen molar-refractivity contribution in [3.05, 3.63) is 64.7 Å². The van der Waals surface area contributed by atoms with Gasteiger partial charge in [0.2, 0.25) is 0 Å². The number of nitrogens with one attached hydrogen (secondary N) is 1. The minimum Gasteiger partial charge on any atom is -0.480 e. The Hall–Kier alpha value is -2.33. The maximum Gasteiger partial charge on any atom is 0.261 e. The lowest BCUT2D eigenvalue weighted by atomic mass is 10.1. The molecule has 0 saturated carbocycles. The lowest BCUT2D eigenvalue weighted by Crippen LogP contribution is -2.37. The molecule has 1 amide bonds. The van der Waals surface area contributed by atoms with Crippen molar-refractivity contribution >= 4 is 5.91 Å². The smallest absolute Gasteiger partial charge is 0.261 e. The third-order valence-corrected chi connectivity index (χ3v) is 5.58. The largest absolute Gasteiger partial charge is 0.480 e. The molecule has 2 aromatic rings. The predicted molar refractivity (Wildman–Crippen MR) is 118 cm³/mol. The highest BCUT2D eigenvalue weighted by atomic mass is 16.5. The quantitative estimate of drug-likeness (QED) is 0.702. The lowest BCUT2D eigenvalue weighted by Gasteiger charge is -2.26. The van der Waals surface area contributed by atoms with Gasteiger partial charge < -0.3 is 10.1 Å². The third-order valence-electron chi connectivity index (χ3n) is 5.58. The predicted octanol–water partition coefficient (Wildman–Crippen LogP) is 4.76. The number of hydrogen-bond donors (Lipinski definition) is 1. The van der Waals surface area contributed by atoms with Gasteiger partial charge in [0.15, 0.2) is 6.10 Å². The van der Waals surface area contributed by atoms with Crippen molar-refractivity contribution in [2.75, 3.05) is 13.1 Å². The Bertz CT molecular complexity index is 812. The fourth-order valence-corrected chi connectivity index (χ4v) is 3.92. The maximum absolute atomic E-state index is 12.7. The van der Waals surface area contributed by atoms with E-state index in [-0.39, 0.29) is 5.91 Å². The third kappa shape index (κ3) is 6.33. The molecule has 4 nitrogen and oxygen atoms in total. The molecule has 0 aliphatic carbocycles. The van der Waals surface area contributed by atoms with Gasteiger partial charge in [0.05, 0.1) is 0 Å². The van der Waals surface area contributed by atoms with Crippen LogP contribution in [0.1, 0.15) is 54.9 Å². The Balaban J connectivity index is 1.55. The van der Waals surface area contributed by atoms with Crippen LogP contribution in [0.5, 0.6) is 5.75 Å². The first-order valence-electron chi connectivity index (χ1n) is 10.9. The molecule has 4 heteroatoms. The molecule has 1 N–H and O–H groups in total. The van der Waals surface area contributed by atoms with Gasteiger partial charge in [0.1, 0.15) is 5.75 Å². The van der Waals surface area contributed by atoms with E-state index in [9.17, 15) is 4.79 Å². The van der Waals surface area contributed by atoms with E-state index < -0.39 is 6.10 Å². The van der Waals surface area contributed by atoms with Crippen molar-refractivity contribution in [2.24, 2.45) is 0 Å². The van der Waals surface area contributed by atoms with Crippen molar-refractivity contribution in [2.45, 2.75) is 65.6 Å². The number of benzene rings is 2. The Morgan fingerprint density at radius 1 is 1.07 bits per heavy atom. The molecule has 0 bridgehead atoms. The van der Waals surface area contributed by atoms with Gasteiger partial charge in [-0.1, -0.05) is 55.3 Å². The second kappa shape index (κ2) is 10.4. The molecule has 29 heavy (non-hydrogen) atoms. The Labute approximate surface area is 175 Å². The van der Waals surface area contributed by atoms with Crippen molar-refractivity contribution in [3.8, 4) is 5.75 Å². The van der Waals surface area contributed by atoms with Crippen LogP contribution in [0.4, 0.5) is 0 Å². The van der Waals surface area contributed by atoms with E-state index >= 15 is 0 Å². The second-order valence-corrected chi connectivity index (χ2v) is 8.16. The fraction of sp³-hybridized carbons (Fsp3) is 0.480. The van der Waals surface area contributed by atoms with E-state index in [1.165, 1.54) is 43.5 Å². The molecule has 0 aromatic heterocycles. The number of carbonyl (C=O) groups is 1. The number of carbonyl (C=O) groups excluding carboxylic acids is 1. The molecule has 0 unspecified atom stereocenters. The number of piperidine rings is 1. The lowest BCUT2D eigenvalue weighted by molar-refractivity contribution is -0.128. The number of ether oxygens (including phenoxy) is 1. The summed E-state index contributed by atoms with van der Waals surface area (Å²) >= 11 is 0. The molecule has 1 aliphatic heterocycles. The zero-order chi connectivity index (χ0) is 20.6. The molecule has 0 spiro atoms. The number of rotatable bonds is 8. The van der Waals surface area contributed by atoms with E-state index in [0.717, 1.165) is 23.4 Å². The molecule has 1 saturated heterocycles. The van der Waals surface area contributed by atoms with E-state index in [2.05, 4.69) is 47.5 Å². The first-order chi connectivity index (χ1) is 14.0. The van der Waals surface area contributed by atoms with E-state index in [4.69, 9.17) is 4.74 Å². The molecular weight excluding hydrogens is 360 g/mol. The van der Waals surface area contributed by atoms with Gasteiger partial charge in [0.25, 0.3) is 5.91 Å². The molecular formula is C25H34N2O2. The molecule has 1 heterocycles. The summed E-state index contributed by atoms with van der Waals surface area (Å²) in [5, 5.41) is 3.05. The van der Waals surface area contributed by atoms with Crippen LogP contribution in [0.15, 0.2) is 42.5 Å². The Kier molecular flexibility index (Phi) is 7.70. The summed E-state index contributed by atoms with van der Waals surface area (Å²) in [6, 6.07) is 14.6. The summed E-state index contributed by atoms with van der Waals surface area (Å²) in [6.07, 6.45) is 4.11. The van der Waals surface area contributed by atoms with Crippen LogP contribution in [-0.2, 0) is 17.9 Å². The monoisotopic (exact) mass is 394 g/mol. The van der Waals surface area contributed by atoms with Gasteiger partial charge in [-0.15, -0.1) is 0 Å². The van der Waals surface area contributed by atoms with Crippen LogP contribution in [-0.4, -0.2) is 30.0 Å². The molecule has 1 atom stereocenters. The minimum atomic E-state index is -0.479. The number of aryl methyl sites for hydroxylation is 2. The van der Waals surface area contributed by atoms with Crippen LogP contribution in [0.3, 0.4) is 0 Å². The van der Waals surface area contributed by atoms with Crippen molar-refractivity contribution < 1.29 is 9.53 Å². The molecule has 1 aliphatic rings. The number of amides is 1. The average Bonchev–Trinajstić information content (AvgIpc) is 2.72. The van der Waals surface area contributed by atoms with Gasteiger partial charge in [0, 0.05) is 13.1 Å². The Morgan fingerprint density at radius 2 is 1.83 bits per heavy atom. The van der Waals surface area contributed by atoms with E-state index in [1.54, 1.807) is 0 Å². The highest BCUT2D eigenvalue weighted by molar-refractivity contribution is 5.81. The summed E-state index contributed by atoms with van der Waals surface area (Å²) in [5.41, 5.74) is 4.70. The minimum absolute atomic E-state index is 0.0612. The van der Waals surface area contributed by atoms with Gasteiger partial charge in [-0.25, -0.2) is 0 Å². The van der Waals surface area contributed by atoms with Crippen LogP contribution < -0.4 is 10.1 Å². The van der Waals surface area contributed by atoms with Crippen molar-refractivity contribution in [1.82, 2.24) is 10.2 Å². The molecule has 2 aromatic carbocycles. The summed E-state index contributed by atoms with van der Waals surface area (Å²) in [6.45, 7) is 9.95. The molecule has 3 rings (SSSR count). The van der Waals surface area contributed by atoms with Crippen LogP contribution in [0, 0.1) is 13.8 Å². The summed E-state index contributed by atoms with van der Waals surface area (Å²) in [7, 11) is 0. The SMILES string of the molecule is CC[C@@H](Oc1ccc(C)cc1C)C(=O)NCc1cccc(CN2CCCCC2)c1. The first kappa shape index (κ1) is 21.4. The standard InChI is InChI=1S/C25H34N2O2/c1-4-23(29-24-12-11-19(2)15-20(24)3)25(28)26-17-21-9-8-10-22(16-21)18-27-13-6-5-7-14-27/h8-12,15-16,23H,4-7,13-14,17-18H2,1-3H3,(H,26,28)/t23-/m1/s1. The van der Waals surface area contributed by atoms with Crippen molar-refractivity contribution in [3.63, 3.8) is 0 Å². The number of hydrogen-bond acceptors (Lipinski definition) is 3. The summed E-state index contributed by atoms with van der Waals surface area (Å²) < 4.78 is 6.01. The second-order valence-electron chi connectivity index (χ2n) is 8.16. The summed E-state index contributed by atoms with van der Waals surface area (Å²) in [5.74, 6) is 0.718. The van der Waals surface area contributed by atoms with Crippen LogP contribution in [0.25, 0.3) is 0 Å². The van der Waals surface area contributed by atoms with Crippen LogP contribution in [0.2, 0.25) is 0 Å². The van der Waals surface area contributed by atoms with E-state index in [0.29, 0.717) is 13.0 Å². The fourth-order valence-electron chi connectivity index (χ4n) is 3.92. The zero-order valence-corrected chi connectivity index (χ0v) is 18.0. The normalized spacial score (nSPS) is 15.7.